The highest BCUT2D eigenvalue weighted by Gasteiger charge is 2.22. The number of guanidine groups is 1. The van der Waals surface area contributed by atoms with Gasteiger partial charge < -0.3 is 20.3 Å². The van der Waals surface area contributed by atoms with Gasteiger partial charge in [-0.05, 0) is 30.9 Å². The van der Waals surface area contributed by atoms with Crippen molar-refractivity contribution in [1.29, 1.82) is 0 Å². The number of ether oxygens (including phenoxy) is 1. The highest BCUT2D eigenvalue weighted by atomic mass is 16.5. The topological polar surface area (TPSA) is 66.0 Å². The van der Waals surface area contributed by atoms with E-state index in [0.29, 0.717) is 6.42 Å². The molecule has 1 amide bonds. The zero-order chi connectivity index (χ0) is 17.9. The summed E-state index contributed by atoms with van der Waals surface area (Å²) in [5.74, 6) is 0.996. The van der Waals surface area contributed by atoms with Crippen LogP contribution in [0.4, 0.5) is 0 Å². The molecule has 1 aliphatic rings. The maximum Gasteiger partial charge on any atom is 0.223 e. The summed E-state index contributed by atoms with van der Waals surface area (Å²) in [5.41, 5.74) is 2.54. The maximum absolute atomic E-state index is 12.3. The van der Waals surface area contributed by atoms with Gasteiger partial charge in [-0.2, -0.15) is 0 Å². The molecule has 0 radical (unpaired) electrons. The van der Waals surface area contributed by atoms with Gasteiger partial charge in [0, 0.05) is 52.9 Å². The third-order valence-electron chi connectivity index (χ3n) is 4.24. The van der Waals surface area contributed by atoms with Crippen LogP contribution in [0.5, 0.6) is 0 Å². The highest BCUT2D eigenvalue weighted by Crippen LogP contribution is 2.22. The summed E-state index contributed by atoms with van der Waals surface area (Å²) in [7, 11) is 1.75. The van der Waals surface area contributed by atoms with Gasteiger partial charge in [0.25, 0.3) is 0 Å². The lowest BCUT2D eigenvalue weighted by atomic mass is 10.1. The Morgan fingerprint density at radius 1 is 1.16 bits per heavy atom. The van der Waals surface area contributed by atoms with Crippen molar-refractivity contribution < 1.29 is 9.53 Å². The molecule has 0 fully saturated rings. The number of carbonyl (C=O) groups excluding carboxylic acids is 1. The average molecular weight is 346 g/mol. The summed E-state index contributed by atoms with van der Waals surface area (Å²) < 4.78 is 5.30. The minimum absolute atomic E-state index is 0.220. The molecule has 6 heteroatoms. The van der Waals surface area contributed by atoms with E-state index in [1.807, 2.05) is 24.0 Å². The van der Waals surface area contributed by atoms with Crippen LogP contribution in [0.25, 0.3) is 0 Å². The number of aliphatic imine (C=N–C) groups is 1. The lowest BCUT2D eigenvalue weighted by molar-refractivity contribution is -0.131. The zero-order valence-electron chi connectivity index (χ0n) is 15.4. The number of rotatable bonds is 9. The molecule has 25 heavy (non-hydrogen) atoms. The molecule has 0 aromatic heterocycles. The molecule has 0 saturated carbocycles. The van der Waals surface area contributed by atoms with Crippen LogP contribution in [0.15, 0.2) is 29.3 Å². The quantitative estimate of drug-likeness (QED) is 0.407. The number of benzene rings is 1. The van der Waals surface area contributed by atoms with E-state index in [0.717, 1.165) is 58.2 Å². The van der Waals surface area contributed by atoms with Crippen LogP contribution in [0.1, 0.15) is 37.3 Å². The molecular weight excluding hydrogens is 316 g/mol. The van der Waals surface area contributed by atoms with Crippen molar-refractivity contribution in [2.45, 2.75) is 39.3 Å². The summed E-state index contributed by atoms with van der Waals surface area (Å²) in [6, 6.07) is 8.27. The molecule has 1 heterocycles. The van der Waals surface area contributed by atoms with E-state index in [1.165, 1.54) is 11.1 Å². The third kappa shape index (κ3) is 6.38. The van der Waals surface area contributed by atoms with Crippen LogP contribution in [-0.4, -0.2) is 50.1 Å². The Balaban J connectivity index is 1.58. The van der Waals surface area contributed by atoms with E-state index < -0.39 is 0 Å². The summed E-state index contributed by atoms with van der Waals surface area (Å²) >= 11 is 0. The normalized spacial score (nSPS) is 13.7. The fourth-order valence-corrected chi connectivity index (χ4v) is 2.86. The standard InChI is InChI=1S/C19H30N4O2/c1-3-25-13-7-12-22-19(20-2)21-11-6-10-18(24)23-14-16-8-4-5-9-17(16)15-23/h4-5,8-9H,3,6-7,10-15H2,1-2H3,(H2,20,21,22). The summed E-state index contributed by atoms with van der Waals surface area (Å²) in [6.45, 7) is 6.55. The van der Waals surface area contributed by atoms with E-state index in [2.05, 4.69) is 27.8 Å². The fourth-order valence-electron chi connectivity index (χ4n) is 2.86. The molecule has 0 saturated heterocycles. The Labute approximate surface area is 150 Å². The molecule has 138 valence electrons. The predicted molar refractivity (Wildman–Crippen MR) is 100 cm³/mol. The lowest BCUT2D eigenvalue weighted by Crippen LogP contribution is -2.38. The summed E-state index contributed by atoms with van der Waals surface area (Å²) in [5, 5.41) is 6.50. The number of nitrogens with zero attached hydrogens (tertiary/aromatic N) is 2. The number of hydrogen-bond donors (Lipinski definition) is 2. The lowest BCUT2D eigenvalue weighted by Gasteiger charge is -2.16. The Bertz CT molecular complexity index is 549. The molecule has 1 aromatic carbocycles. The molecule has 6 nitrogen and oxygen atoms in total. The average Bonchev–Trinajstić information content (AvgIpc) is 3.07. The van der Waals surface area contributed by atoms with E-state index in [-0.39, 0.29) is 5.91 Å². The Hall–Kier alpha value is -2.08. The van der Waals surface area contributed by atoms with Gasteiger partial charge in [-0.25, -0.2) is 0 Å². The van der Waals surface area contributed by atoms with Gasteiger partial charge in [0.15, 0.2) is 5.96 Å². The number of hydrogen-bond acceptors (Lipinski definition) is 3. The number of carbonyl (C=O) groups is 1. The molecule has 0 aliphatic carbocycles. The first-order valence-electron chi connectivity index (χ1n) is 9.11. The molecule has 2 rings (SSSR count). The van der Waals surface area contributed by atoms with Gasteiger partial charge >= 0.3 is 0 Å². The predicted octanol–water partition coefficient (Wildman–Crippen LogP) is 1.90. The number of fused-ring (bicyclic) bond motifs is 1. The smallest absolute Gasteiger partial charge is 0.223 e. The van der Waals surface area contributed by atoms with E-state index in [4.69, 9.17) is 4.74 Å². The van der Waals surface area contributed by atoms with E-state index in [9.17, 15) is 4.79 Å². The fraction of sp³-hybridized carbons (Fsp3) is 0.579. The first kappa shape index (κ1) is 19.2. The van der Waals surface area contributed by atoms with Crippen LogP contribution < -0.4 is 10.6 Å². The SMILES string of the molecule is CCOCCCNC(=NC)NCCCC(=O)N1Cc2ccccc2C1. The molecular formula is C19H30N4O2. The Morgan fingerprint density at radius 3 is 2.40 bits per heavy atom. The van der Waals surface area contributed by atoms with E-state index >= 15 is 0 Å². The second-order valence-electron chi connectivity index (χ2n) is 6.10. The van der Waals surface area contributed by atoms with Gasteiger partial charge in [-0.3, -0.25) is 9.79 Å². The van der Waals surface area contributed by atoms with Crippen LogP contribution in [0, 0.1) is 0 Å². The minimum atomic E-state index is 0.220. The third-order valence-corrected chi connectivity index (χ3v) is 4.24. The molecule has 1 aromatic rings. The second kappa shape index (κ2) is 10.7. The molecule has 2 N–H and O–H groups in total. The van der Waals surface area contributed by atoms with Crippen molar-refractivity contribution in [3.8, 4) is 0 Å². The van der Waals surface area contributed by atoms with Gasteiger partial charge in [-0.1, -0.05) is 24.3 Å². The highest BCUT2D eigenvalue weighted by molar-refractivity contribution is 5.80. The Kier molecular flexibility index (Phi) is 8.25. The summed E-state index contributed by atoms with van der Waals surface area (Å²) in [6.07, 6.45) is 2.30. The van der Waals surface area contributed by atoms with Crippen molar-refractivity contribution in [1.82, 2.24) is 15.5 Å². The number of nitrogens with one attached hydrogen (secondary N) is 2. The van der Waals surface area contributed by atoms with Crippen molar-refractivity contribution >= 4 is 11.9 Å². The van der Waals surface area contributed by atoms with Crippen molar-refractivity contribution in [3.63, 3.8) is 0 Å². The van der Waals surface area contributed by atoms with E-state index in [1.54, 1.807) is 7.05 Å². The molecule has 1 aliphatic heterocycles. The first-order chi connectivity index (χ1) is 12.2. The summed E-state index contributed by atoms with van der Waals surface area (Å²) in [4.78, 5) is 18.5. The van der Waals surface area contributed by atoms with Crippen molar-refractivity contribution in [3.05, 3.63) is 35.4 Å². The molecule has 0 atom stereocenters. The molecule has 0 unspecified atom stereocenters. The van der Waals surface area contributed by atoms with Crippen LogP contribution in [0.3, 0.4) is 0 Å². The van der Waals surface area contributed by atoms with Gasteiger partial charge in [0.2, 0.25) is 5.91 Å². The first-order valence-corrected chi connectivity index (χ1v) is 9.11. The van der Waals surface area contributed by atoms with Gasteiger partial charge in [0.05, 0.1) is 0 Å². The van der Waals surface area contributed by atoms with Crippen LogP contribution >= 0.6 is 0 Å². The molecule has 0 bridgehead atoms. The van der Waals surface area contributed by atoms with Crippen molar-refractivity contribution in [2.24, 2.45) is 4.99 Å². The van der Waals surface area contributed by atoms with Gasteiger partial charge in [0.1, 0.15) is 0 Å². The number of amides is 1. The maximum atomic E-state index is 12.3. The van der Waals surface area contributed by atoms with Crippen LogP contribution in [0.2, 0.25) is 0 Å². The van der Waals surface area contributed by atoms with Gasteiger partial charge in [-0.15, -0.1) is 0 Å². The Morgan fingerprint density at radius 2 is 1.80 bits per heavy atom. The molecule has 0 spiro atoms. The van der Waals surface area contributed by atoms with Crippen LogP contribution in [-0.2, 0) is 22.6 Å². The zero-order valence-corrected chi connectivity index (χ0v) is 15.4. The van der Waals surface area contributed by atoms with Crippen molar-refractivity contribution in [2.75, 3.05) is 33.4 Å². The monoisotopic (exact) mass is 346 g/mol. The second-order valence-corrected chi connectivity index (χ2v) is 6.10. The largest absolute Gasteiger partial charge is 0.382 e. The minimum Gasteiger partial charge on any atom is -0.382 e.